The van der Waals surface area contributed by atoms with Crippen molar-refractivity contribution in [3.63, 3.8) is 0 Å². The fraction of sp³-hybridized carbons (Fsp3) is 0. The molecular weight excluding hydrogens is 326 g/mol. The van der Waals surface area contributed by atoms with Gasteiger partial charge in [-0.15, -0.1) is 15.3 Å². The van der Waals surface area contributed by atoms with Crippen molar-refractivity contribution in [1.29, 1.82) is 0 Å². The Balaban J connectivity index is 1.49. The highest BCUT2D eigenvalue weighted by atomic mass is 16.4. The number of hydrogen-bond acceptors (Lipinski definition) is 5. The molecule has 0 N–H and O–H groups in total. The molecule has 0 aliphatic heterocycles. The van der Waals surface area contributed by atoms with E-state index in [1.807, 2.05) is 60.7 Å². The lowest BCUT2D eigenvalue weighted by Gasteiger charge is -1.99. The summed E-state index contributed by atoms with van der Waals surface area (Å²) in [6.45, 7) is 0. The molecule has 0 aliphatic rings. The van der Waals surface area contributed by atoms with Gasteiger partial charge in [0, 0.05) is 5.56 Å². The summed E-state index contributed by atoms with van der Waals surface area (Å²) in [5, 5.41) is 18.8. The molecule has 0 bridgehead atoms. The minimum atomic E-state index is 0.343. The molecule has 3 aromatic carbocycles. The molecule has 6 nitrogen and oxygen atoms in total. The second kappa shape index (κ2) is 5.93. The van der Waals surface area contributed by atoms with Crippen LogP contribution in [0.25, 0.3) is 39.5 Å². The molecule has 0 amide bonds. The number of rotatable bonds is 3. The largest absolute Gasteiger partial charge is 0.414 e. The third-order valence-electron chi connectivity index (χ3n) is 4.15. The van der Waals surface area contributed by atoms with Crippen LogP contribution in [0.5, 0.6) is 0 Å². The van der Waals surface area contributed by atoms with E-state index in [1.165, 1.54) is 5.39 Å². The summed E-state index contributed by atoms with van der Waals surface area (Å²) in [6.07, 6.45) is 1.77. The maximum Gasteiger partial charge on any atom is 0.270 e. The highest BCUT2D eigenvalue weighted by molar-refractivity contribution is 5.86. The summed E-state index contributed by atoms with van der Waals surface area (Å²) in [6, 6.07) is 23.9. The first-order chi connectivity index (χ1) is 12.9. The molecule has 0 atom stereocenters. The van der Waals surface area contributed by atoms with Gasteiger partial charge in [-0.2, -0.15) is 0 Å². The highest BCUT2D eigenvalue weighted by Gasteiger charge is 2.14. The van der Waals surface area contributed by atoms with Crippen molar-refractivity contribution in [2.24, 2.45) is 0 Å². The molecule has 0 saturated heterocycles. The zero-order valence-corrected chi connectivity index (χ0v) is 13.6. The zero-order chi connectivity index (χ0) is 17.3. The van der Waals surface area contributed by atoms with Crippen molar-refractivity contribution >= 4 is 10.8 Å². The van der Waals surface area contributed by atoms with E-state index in [-0.39, 0.29) is 0 Å². The predicted molar refractivity (Wildman–Crippen MR) is 97.6 cm³/mol. The van der Waals surface area contributed by atoms with E-state index in [0.29, 0.717) is 17.5 Å². The molecule has 0 saturated carbocycles. The monoisotopic (exact) mass is 339 g/mol. The van der Waals surface area contributed by atoms with Gasteiger partial charge in [0.05, 0.1) is 11.9 Å². The first-order valence-corrected chi connectivity index (χ1v) is 8.18. The van der Waals surface area contributed by atoms with Gasteiger partial charge >= 0.3 is 0 Å². The second-order valence-electron chi connectivity index (χ2n) is 5.86. The molecule has 5 aromatic rings. The van der Waals surface area contributed by atoms with Gasteiger partial charge in [0.1, 0.15) is 0 Å². The standard InChI is InChI=1S/C20H13N5O/c1-2-8-17(9-3-1)25-13-18(21-24-25)20-23-22-19(26-20)16-11-10-14-6-4-5-7-15(14)12-16/h1-13H. The smallest absolute Gasteiger partial charge is 0.270 e. The van der Waals surface area contributed by atoms with Gasteiger partial charge in [-0.25, -0.2) is 4.68 Å². The fourth-order valence-corrected chi connectivity index (χ4v) is 2.83. The second-order valence-corrected chi connectivity index (χ2v) is 5.86. The molecule has 26 heavy (non-hydrogen) atoms. The van der Waals surface area contributed by atoms with Crippen molar-refractivity contribution in [2.75, 3.05) is 0 Å². The van der Waals surface area contributed by atoms with E-state index < -0.39 is 0 Å². The molecule has 0 unspecified atom stereocenters. The van der Waals surface area contributed by atoms with Crippen LogP contribution in [-0.2, 0) is 0 Å². The van der Waals surface area contributed by atoms with Crippen molar-refractivity contribution in [1.82, 2.24) is 25.2 Å². The van der Waals surface area contributed by atoms with Crippen LogP contribution in [0, 0.1) is 0 Å². The van der Waals surface area contributed by atoms with E-state index in [9.17, 15) is 0 Å². The van der Waals surface area contributed by atoms with Crippen LogP contribution in [0.1, 0.15) is 0 Å². The Morgan fingerprint density at radius 2 is 1.46 bits per heavy atom. The Labute approximate surface area is 148 Å². The van der Waals surface area contributed by atoms with E-state index in [1.54, 1.807) is 10.9 Å². The number of benzene rings is 3. The van der Waals surface area contributed by atoms with E-state index in [0.717, 1.165) is 16.6 Å². The van der Waals surface area contributed by atoms with Crippen LogP contribution < -0.4 is 0 Å². The van der Waals surface area contributed by atoms with E-state index >= 15 is 0 Å². The Bertz CT molecular complexity index is 1190. The summed E-state index contributed by atoms with van der Waals surface area (Å²) in [5.41, 5.74) is 2.33. The number of nitrogens with zero attached hydrogens (tertiary/aromatic N) is 5. The van der Waals surface area contributed by atoms with Crippen LogP contribution in [-0.4, -0.2) is 25.2 Å². The topological polar surface area (TPSA) is 69.6 Å². The molecule has 124 valence electrons. The summed E-state index contributed by atoms with van der Waals surface area (Å²) in [5.74, 6) is 0.801. The number of fused-ring (bicyclic) bond motifs is 1. The van der Waals surface area contributed by atoms with Gasteiger partial charge in [-0.3, -0.25) is 0 Å². The molecule has 0 aliphatic carbocycles. The molecular formula is C20H13N5O. The van der Waals surface area contributed by atoms with Gasteiger partial charge in [0.15, 0.2) is 5.69 Å². The fourth-order valence-electron chi connectivity index (χ4n) is 2.83. The third kappa shape index (κ3) is 2.53. The maximum absolute atomic E-state index is 5.82. The molecule has 0 spiro atoms. The molecule has 2 heterocycles. The summed E-state index contributed by atoms with van der Waals surface area (Å²) in [4.78, 5) is 0. The van der Waals surface area contributed by atoms with Gasteiger partial charge in [-0.05, 0) is 35.0 Å². The average Bonchev–Trinajstić information content (AvgIpc) is 3.38. The van der Waals surface area contributed by atoms with Crippen LogP contribution in [0.3, 0.4) is 0 Å². The third-order valence-corrected chi connectivity index (χ3v) is 4.15. The van der Waals surface area contributed by atoms with Crippen molar-refractivity contribution in [2.45, 2.75) is 0 Å². The number of para-hydroxylation sites is 1. The molecule has 5 rings (SSSR count). The zero-order valence-electron chi connectivity index (χ0n) is 13.6. The van der Waals surface area contributed by atoms with Gasteiger partial charge in [0.25, 0.3) is 5.89 Å². The van der Waals surface area contributed by atoms with Crippen LogP contribution in [0.4, 0.5) is 0 Å². The first-order valence-electron chi connectivity index (χ1n) is 8.18. The lowest BCUT2D eigenvalue weighted by Crippen LogP contribution is -1.93. The first kappa shape index (κ1) is 14.5. The molecule has 6 heteroatoms. The minimum Gasteiger partial charge on any atom is -0.414 e. The summed E-state index contributed by atoms with van der Waals surface area (Å²) >= 11 is 0. The Morgan fingerprint density at radius 3 is 2.35 bits per heavy atom. The Hall–Kier alpha value is -3.80. The lowest BCUT2D eigenvalue weighted by atomic mass is 10.1. The Kier molecular flexibility index (Phi) is 3.31. The van der Waals surface area contributed by atoms with E-state index in [2.05, 4.69) is 32.6 Å². The Morgan fingerprint density at radius 1 is 0.692 bits per heavy atom. The van der Waals surface area contributed by atoms with E-state index in [4.69, 9.17) is 4.42 Å². The average molecular weight is 339 g/mol. The van der Waals surface area contributed by atoms with Gasteiger partial charge in [-0.1, -0.05) is 53.7 Å². The van der Waals surface area contributed by atoms with Gasteiger partial charge < -0.3 is 4.42 Å². The minimum absolute atomic E-state index is 0.343. The van der Waals surface area contributed by atoms with Crippen molar-refractivity contribution in [3.05, 3.63) is 79.0 Å². The lowest BCUT2D eigenvalue weighted by molar-refractivity contribution is 0.582. The van der Waals surface area contributed by atoms with Crippen LogP contribution in [0.2, 0.25) is 0 Å². The number of aromatic nitrogens is 5. The van der Waals surface area contributed by atoms with Crippen molar-refractivity contribution < 1.29 is 4.42 Å². The normalized spacial score (nSPS) is 11.1. The maximum atomic E-state index is 5.82. The molecule has 0 fully saturated rings. The molecule has 2 aromatic heterocycles. The molecule has 0 radical (unpaired) electrons. The highest BCUT2D eigenvalue weighted by Crippen LogP contribution is 2.26. The quantitative estimate of drug-likeness (QED) is 0.494. The van der Waals surface area contributed by atoms with Crippen LogP contribution in [0.15, 0.2) is 83.4 Å². The SMILES string of the molecule is c1ccc(-n2cc(-c3nnc(-c4ccc5ccccc5c4)o3)nn2)cc1. The predicted octanol–water partition coefficient (Wildman–Crippen LogP) is 4.14. The summed E-state index contributed by atoms with van der Waals surface area (Å²) < 4.78 is 7.49. The van der Waals surface area contributed by atoms with Crippen molar-refractivity contribution in [3.8, 4) is 28.7 Å². The number of hydrogen-bond donors (Lipinski definition) is 0. The van der Waals surface area contributed by atoms with Crippen LogP contribution >= 0.6 is 0 Å². The van der Waals surface area contributed by atoms with Gasteiger partial charge in [0.2, 0.25) is 5.89 Å². The summed E-state index contributed by atoms with van der Waals surface area (Å²) in [7, 11) is 0.